The van der Waals surface area contributed by atoms with Crippen LogP contribution >= 0.6 is 12.4 Å². The number of rotatable bonds is 2. The van der Waals surface area contributed by atoms with Crippen LogP contribution in [0.4, 0.5) is 18.9 Å². The van der Waals surface area contributed by atoms with Crippen molar-refractivity contribution >= 4 is 24.0 Å². The van der Waals surface area contributed by atoms with Gasteiger partial charge in [0.1, 0.15) is 0 Å². The number of hydrogen-bond donors (Lipinski definition) is 3. The van der Waals surface area contributed by atoms with Crippen molar-refractivity contribution in [3.8, 4) is 0 Å². The fraction of sp³-hybridized carbons (Fsp3) is 0.333. The first-order valence-electron chi connectivity index (χ1n) is 7.13. The Labute approximate surface area is 142 Å². The van der Waals surface area contributed by atoms with Crippen molar-refractivity contribution in [1.82, 2.24) is 15.5 Å². The van der Waals surface area contributed by atoms with E-state index in [1.807, 2.05) is 0 Å². The number of aromatic amines is 1. The van der Waals surface area contributed by atoms with E-state index >= 15 is 0 Å². The summed E-state index contributed by atoms with van der Waals surface area (Å²) in [5.41, 5.74) is 1.21. The number of hydrogen-bond acceptors (Lipinski definition) is 3. The number of anilines is 1. The van der Waals surface area contributed by atoms with Crippen molar-refractivity contribution in [2.45, 2.75) is 26.1 Å². The van der Waals surface area contributed by atoms with E-state index in [1.54, 1.807) is 0 Å². The van der Waals surface area contributed by atoms with Gasteiger partial charge >= 0.3 is 6.18 Å². The molecule has 3 N–H and O–H groups in total. The summed E-state index contributed by atoms with van der Waals surface area (Å²) < 4.78 is 38.8. The van der Waals surface area contributed by atoms with Crippen LogP contribution < -0.4 is 10.6 Å². The van der Waals surface area contributed by atoms with Gasteiger partial charge in [0, 0.05) is 36.5 Å². The lowest BCUT2D eigenvalue weighted by Gasteiger charge is -2.15. The predicted molar refractivity (Wildman–Crippen MR) is 85.4 cm³/mol. The third kappa shape index (κ3) is 3.39. The van der Waals surface area contributed by atoms with E-state index in [1.165, 1.54) is 19.1 Å². The second-order valence-electron chi connectivity index (χ2n) is 5.39. The molecule has 2 aromatic rings. The van der Waals surface area contributed by atoms with Crippen molar-refractivity contribution in [1.29, 1.82) is 0 Å². The number of nitrogens with zero attached hydrogens (tertiary/aromatic N) is 1. The Balaban J connectivity index is 0.00000208. The van der Waals surface area contributed by atoms with Gasteiger partial charge in [-0.3, -0.25) is 9.89 Å². The number of H-pyrrole nitrogens is 1. The highest BCUT2D eigenvalue weighted by Crippen LogP contribution is 2.34. The Morgan fingerprint density at radius 1 is 1.33 bits per heavy atom. The summed E-state index contributed by atoms with van der Waals surface area (Å²) in [6.45, 7) is 2.64. The van der Waals surface area contributed by atoms with Gasteiger partial charge in [0.2, 0.25) is 0 Å². The smallest absolute Gasteiger partial charge is 0.320 e. The van der Waals surface area contributed by atoms with E-state index in [9.17, 15) is 18.0 Å². The van der Waals surface area contributed by atoms with Crippen molar-refractivity contribution in [2.24, 2.45) is 0 Å². The lowest BCUT2D eigenvalue weighted by Crippen LogP contribution is -2.25. The molecule has 0 atom stereocenters. The van der Waals surface area contributed by atoms with Crippen LogP contribution in [0.3, 0.4) is 0 Å². The summed E-state index contributed by atoms with van der Waals surface area (Å²) in [6.07, 6.45) is -3.72. The summed E-state index contributed by atoms with van der Waals surface area (Å²) in [6, 6.07) is 3.71. The lowest BCUT2D eigenvalue weighted by molar-refractivity contribution is -0.138. The Morgan fingerprint density at radius 3 is 2.79 bits per heavy atom. The van der Waals surface area contributed by atoms with Crippen LogP contribution in [0.25, 0.3) is 0 Å². The molecule has 24 heavy (non-hydrogen) atoms. The normalized spacial score (nSPS) is 13.8. The zero-order valence-corrected chi connectivity index (χ0v) is 13.6. The molecule has 0 bridgehead atoms. The molecule has 0 unspecified atom stereocenters. The van der Waals surface area contributed by atoms with Crippen molar-refractivity contribution in [2.75, 3.05) is 11.9 Å². The van der Waals surface area contributed by atoms with Crippen molar-refractivity contribution in [3.05, 3.63) is 46.3 Å². The highest BCUT2D eigenvalue weighted by Gasteiger charge is 2.33. The molecule has 3 rings (SSSR count). The van der Waals surface area contributed by atoms with Gasteiger partial charge in [0.05, 0.1) is 5.56 Å². The molecule has 0 saturated heterocycles. The Morgan fingerprint density at radius 2 is 2.08 bits per heavy atom. The van der Waals surface area contributed by atoms with Crippen LogP contribution in [0.15, 0.2) is 18.2 Å². The molecule has 0 aliphatic carbocycles. The molecule has 0 fully saturated rings. The minimum absolute atomic E-state index is 0. The monoisotopic (exact) mass is 360 g/mol. The zero-order chi connectivity index (χ0) is 16.6. The van der Waals surface area contributed by atoms with E-state index < -0.39 is 17.6 Å². The Hall–Kier alpha value is -2.06. The number of amides is 1. The number of benzene rings is 1. The number of alkyl halides is 3. The first kappa shape index (κ1) is 18.3. The average Bonchev–Trinajstić information content (AvgIpc) is 2.92. The minimum Gasteiger partial charge on any atom is -0.320 e. The molecule has 1 aromatic heterocycles. The predicted octanol–water partition coefficient (Wildman–Crippen LogP) is 3.06. The van der Waals surface area contributed by atoms with Gasteiger partial charge < -0.3 is 10.6 Å². The number of nitrogens with one attached hydrogen (secondary N) is 3. The van der Waals surface area contributed by atoms with Crippen molar-refractivity contribution < 1.29 is 18.0 Å². The summed E-state index contributed by atoms with van der Waals surface area (Å²) in [5.74, 6) is -0.520. The van der Waals surface area contributed by atoms with Gasteiger partial charge in [0.15, 0.2) is 5.69 Å². The molecule has 9 heteroatoms. The van der Waals surface area contributed by atoms with Crippen LogP contribution in [-0.4, -0.2) is 22.6 Å². The number of aromatic nitrogens is 2. The molecule has 1 aliphatic rings. The molecule has 0 radical (unpaired) electrons. The molecule has 1 aliphatic heterocycles. The number of halogens is 4. The van der Waals surface area contributed by atoms with Crippen LogP contribution in [0.2, 0.25) is 0 Å². The molecule has 1 aromatic carbocycles. The average molecular weight is 361 g/mol. The molecule has 130 valence electrons. The number of fused-ring (bicyclic) bond motifs is 1. The zero-order valence-electron chi connectivity index (χ0n) is 12.8. The lowest BCUT2D eigenvalue weighted by atomic mass is 10.0. The summed E-state index contributed by atoms with van der Waals surface area (Å²) in [4.78, 5) is 12.4. The molecule has 2 heterocycles. The topological polar surface area (TPSA) is 69.8 Å². The largest absolute Gasteiger partial charge is 0.416 e. The standard InChI is InChI=1S/C15H15F3N4O.ClH/c1-8-10(15(16,17)18)3-2-4-11(8)20-14(23)13-9-7-19-6-5-12(9)21-22-13;/h2-4,19H,5-7H2,1H3,(H,20,23)(H,21,22);1H. The third-order valence-electron chi connectivity index (χ3n) is 3.91. The molecular weight excluding hydrogens is 345 g/mol. The fourth-order valence-corrected chi connectivity index (χ4v) is 2.67. The minimum atomic E-state index is -4.46. The summed E-state index contributed by atoms with van der Waals surface area (Å²) >= 11 is 0. The maximum Gasteiger partial charge on any atom is 0.416 e. The van der Waals surface area contributed by atoms with E-state index in [-0.39, 0.29) is 29.4 Å². The molecular formula is C15H16ClF3N4O. The van der Waals surface area contributed by atoms with Gasteiger partial charge in [-0.25, -0.2) is 0 Å². The van der Waals surface area contributed by atoms with Crippen LogP contribution in [0.1, 0.15) is 32.9 Å². The first-order chi connectivity index (χ1) is 10.9. The van der Waals surface area contributed by atoms with E-state index in [2.05, 4.69) is 20.8 Å². The second-order valence-corrected chi connectivity index (χ2v) is 5.39. The van der Waals surface area contributed by atoms with Crippen molar-refractivity contribution in [3.63, 3.8) is 0 Å². The molecule has 0 saturated carbocycles. The maximum atomic E-state index is 12.9. The maximum absolute atomic E-state index is 12.9. The van der Waals surface area contributed by atoms with Gasteiger partial charge in [-0.2, -0.15) is 18.3 Å². The van der Waals surface area contributed by atoms with Gasteiger partial charge in [-0.1, -0.05) is 6.07 Å². The SMILES string of the molecule is Cc1c(NC(=O)c2n[nH]c3c2CNCC3)cccc1C(F)(F)F.Cl. The quantitative estimate of drug-likeness (QED) is 0.771. The molecule has 5 nitrogen and oxygen atoms in total. The van der Waals surface area contributed by atoms with Crippen LogP contribution in [0.5, 0.6) is 0 Å². The number of carbonyl (C=O) groups excluding carboxylic acids is 1. The van der Waals surface area contributed by atoms with Crippen LogP contribution in [0, 0.1) is 6.92 Å². The molecule has 1 amide bonds. The van der Waals surface area contributed by atoms with Gasteiger partial charge in [0.25, 0.3) is 5.91 Å². The van der Waals surface area contributed by atoms with E-state index in [0.717, 1.165) is 30.3 Å². The fourth-order valence-electron chi connectivity index (χ4n) is 2.67. The van der Waals surface area contributed by atoms with E-state index in [0.29, 0.717) is 6.54 Å². The first-order valence-corrected chi connectivity index (χ1v) is 7.13. The highest BCUT2D eigenvalue weighted by atomic mass is 35.5. The Bertz CT molecular complexity index is 758. The Kier molecular flexibility index (Phi) is 5.19. The van der Waals surface area contributed by atoms with Crippen LogP contribution in [-0.2, 0) is 19.1 Å². The summed E-state index contributed by atoms with van der Waals surface area (Å²) in [7, 11) is 0. The summed E-state index contributed by atoms with van der Waals surface area (Å²) in [5, 5.41) is 12.5. The third-order valence-corrected chi connectivity index (χ3v) is 3.91. The van der Waals surface area contributed by atoms with E-state index in [4.69, 9.17) is 0 Å². The highest BCUT2D eigenvalue weighted by molar-refractivity contribution is 6.04. The molecule has 0 spiro atoms. The second kappa shape index (κ2) is 6.82. The van der Waals surface area contributed by atoms with Gasteiger partial charge in [-0.05, 0) is 24.6 Å². The van der Waals surface area contributed by atoms with Gasteiger partial charge in [-0.15, -0.1) is 12.4 Å². The number of carbonyl (C=O) groups is 1.